The lowest BCUT2D eigenvalue weighted by atomic mass is 10.0. The minimum atomic E-state index is -1.20. The molecule has 21 heavy (non-hydrogen) atoms. The number of carboxylic acid groups (broad SMARTS) is 1. The number of hydrogen-bond donors (Lipinski definition) is 2. The molecular weight excluding hydrogens is 270 g/mol. The number of rotatable bonds is 6. The summed E-state index contributed by atoms with van der Waals surface area (Å²) in [5.74, 6) is -0.997. The Hall–Kier alpha value is -1.30. The van der Waals surface area contributed by atoms with E-state index < -0.39 is 11.5 Å². The van der Waals surface area contributed by atoms with Crippen LogP contribution >= 0.6 is 0 Å². The third-order valence-corrected chi connectivity index (χ3v) is 4.11. The van der Waals surface area contributed by atoms with Gasteiger partial charge in [0.2, 0.25) is 0 Å². The summed E-state index contributed by atoms with van der Waals surface area (Å²) < 4.78 is 0. The molecule has 6 nitrogen and oxygen atoms in total. The van der Waals surface area contributed by atoms with Crippen molar-refractivity contribution in [1.29, 1.82) is 0 Å². The van der Waals surface area contributed by atoms with E-state index in [1.807, 2.05) is 6.92 Å². The molecule has 0 saturated carbocycles. The van der Waals surface area contributed by atoms with E-state index in [1.54, 1.807) is 20.8 Å². The highest BCUT2D eigenvalue weighted by atomic mass is 16.4. The number of carbonyl (C=O) groups is 2. The number of likely N-dealkylation sites (N-methyl/N-ethyl adjacent to an activating group) is 1. The van der Waals surface area contributed by atoms with Crippen molar-refractivity contribution in [2.45, 2.75) is 58.5 Å². The fraction of sp³-hybridized carbons (Fsp3) is 0.867. The number of nitrogens with zero attached hydrogens (tertiary/aromatic N) is 2. The zero-order valence-corrected chi connectivity index (χ0v) is 13.7. The van der Waals surface area contributed by atoms with Crippen molar-refractivity contribution in [2.24, 2.45) is 0 Å². The van der Waals surface area contributed by atoms with Crippen molar-refractivity contribution < 1.29 is 14.7 Å². The summed E-state index contributed by atoms with van der Waals surface area (Å²) in [6.45, 7) is 10.2. The molecule has 1 saturated heterocycles. The van der Waals surface area contributed by atoms with Gasteiger partial charge >= 0.3 is 12.0 Å². The number of piperidine rings is 1. The third kappa shape index (κ3) is 4.88. The Morgan fingerprint density at radius 2 is 1.86 bits per heavy atom. The molecule has 0 aromatic carbocycles. The molecule has 0 spiro atoms. The molecule has 2 amide bonds. The topological polar surface area (TPSA) is 72.9 Å². The predicted molar refractivity (Wildman–Crippen MR) is 82.4 cm³/mol. The van der Waals surface area contributed by atoms with E-state index in [2.05, 4.69) is 10.2 Å². The Morgan fingerprint density at radius 3 is 2.33 bits per heavy atom. The lowest BCUT2D eigenvalue weighted by molar-refractivity contribution is -0.147. The van der Waals surface area contributed by atoms with Crippen LogP contribution < -0.4 is 5.32 Å². The van der Waals surface area contributed by atoms with Crippen LogP contribution in [0.5, 0.6) is 0 Å². The van der Waals surface area contributed by atoms with E-state index in [4.69, 9.17) is 0 Å². The van der Waals surface area contributed by atoms with Gasteiger partial charge < -0.3 is 20.2 Å². The van der Waals surface area contributed by atoms with Crippen LogP contribution in [0.15, 0.2) is 0 Å². The summed E-state index contributed by atoms with van der Waals surface area (Å²) in [4.78, 5) is 27.3. The molecular formula is C15H29N3O3. The van der Waals surface area contributed by atoms with Crippen LogP contribution in [0, 0.1) is 0 Å². The maximum Gasteiger partial charge on any atom is 0.329 e. The highest BCUT2D eigenvalue weighted by molar-refractivity contribution is 5.85. The number of nitrogens with one attached hydrogen (secondary N) is 1. The Labute approximate surface area is 127 Å². The van der Waals surface area contributed by atoms with Crippen LogP contribution in [-0.4, -0.2) is 64.7 Å². The molecule has 1 aliphatic rings. The van der Waals surface area contributed by atoms with Crippen LogP contribution in [0.25, 0.3) is 0 Å². The minimum absolute atomic E-state index is 0.00856. The first-order valence-corrected chi connectivity index (χ1v) is 7.83. The van der Waals surface area contributed by atoms with E-state index in [0.717, 1.165) is 19.6 Å². The molecule has 1 rings (SSSR count). The molecule has 1 unspecified atom stereocenters. The van der Waals surface area contributed by atoms with Crippen molar-refractivity contribution in [2.75, 3.05) is 26.2 Å². The quantitative estimate of drug-likeness (QED) is 0.784. The summed E-state index contributed by atoms with van der Waals surface area (Å²) in [6.07, 6.45) is 3.72. The zero-order chi connectivity index (χ0) is 16.0. The van der Waals surface area contributed by atoms with Crippen molar-refractivity contribution in [3.05, 3.63) is 0 Å². The van der Waals surface area contributed by atoms with Crippen LogP contribution in [0.3, 0.4) is 0 Å². The summed E-state index contributed by atoms with van der Waals surface area (Å²) in [5, 5.41) is 12.2. The number of carbonyl (C=O) groups excluding carboxylic acids is 1. The normalized spacial score (nSPS) is 18.1. The molecule has 0 aromatic heterocycles. The van der Waals surface area contributed by atoms with Gasteiger partial charge in [-0.05, 0) is 53.6 Å². The zero-order valence-electron chi connectivity index (χ0n) is 13.7. The van der Waals surface area contributed by atoms with E-state index >= 15 is 0 Å². The third-order valence-electron chi connectivity index (χ3n) is 4.11. The fourth-order valence-electron chi connectivity index (χ4n) is 2.77. The molecule has 1 fully saturated rings. The first-order chi connectivity index (χ1) is 9.78. The van der Waals surface area contributed by atoms with E-state index in [-0.39, 0.29) is 12.1 Å². The van der Waals surface area contributed by atoms with Crippen LogP contribution in [0.1, 0.15) is 47.0 Å². The van der Waals surface area contributed by atoms with Crippen LogP contribution in [-0.2, 0) is 4.79 Å². The average molecular weight is 299 g/mol. The van der Waals surface area contributed by atoms with Gasteiger partial charge in [-0.25, -0.2) is 9.59 Å². The first kappa shape index (κ1) is 17.8. The fourth-order valence-corrected chi connectivity index (χ4v) is 2.77. The molecule has 1 aliphatic heterocycles. The first-order valence-electron chi connectivity index (χ1n) is 7.83. The molecule has 122 valence electrons. The van der Waals surface area contributed by atoms with E-state index in [1.165, 1.54) is 24.2 Å². The molecule has 0 radical (unpaired) electrons. The largest absolute Gasteiger partial charge is 0.480 e. The molecule has 1 heterocycles. The van der Waals surface area contributed by atoms with Gasteiger partial charge in [0.05, 0.1) is 0 Å². The van der Waals surface area contributed by atoms with Crippen LogP contribution in [0.2, 0.25) is 0 Å². The standard InChI is InChI=1S/C15H29N3O3/c1-5-18(15(3,4)13(19)20)14(21)16-12(2)11-17-9-7-6-8-10-17/h12H,5-11H2,1-4H3,(H,16,21)(H,19,20). The second kappa shape index (κ2) is 7.64. The molecule has 0 aromatic rings. The van der Waals surface area contributed by atoms with Gasteiger partial charge in [0, 0.05) is 19.1 Å². The van der Waals surface area contributed by atoms with Gasteiger partial charge in [0.15, 0.2) is 0 Å². The summed E-state index contributed by atoms with van der Waals surface area (Å²) >= 11 is 0. The molecule has 2 N–H and O–H groups in total. The summed E-state index contributed by atoms with van der Waals surface area (Å²) in [5.41, 5.74) is -1.20. The van der Waals surface area contributed by atoms with E-state index in [9.17, 15) is 14.7 Å². The van der Waals surface area contributed by atoms with E-state index in [0.29, 0.717) is 6.54 Å². The van der Waals surface area contributed by atoms with Gasteiger partial charge in [-0.1, -0.05) is 6.42 Å². The molecule has 0 aliphatic carbocycles. The Bertz CT molecular complexity index is 365. The maximum atomic E-state index is 12.3. The number of likely N-dealkylation sites (tertiary alicyclic amines) is 1. The van der Waals surface area contributed by atoms with Crippen molar-refractivity contribution in [1.82, 2.24) is 15.1 Å². The number of aliphatic carboxylic acids is 1. The van der Waals surface area contributed by atoms with Crippen molar-refractivity contribution in [3.63, 3.8) is 0 Å². The molecule has 0 bridgehead atoms. The van der Waals surface area contributed by atoms with Gasteiger partial charge in [-0.3, -0.25) is 0 Å². The van der Waals surface area contributed by atoms with Crippen LogP contribution in [0.4, 0.5) is 4.79 Å². The predicted octanol–water partition coefficient (Wildman–Crippen LogP) is 1.76. The highest BCUT2D eigenvalue weighted by Crippen LogP contribution is 2.15. The Kier molecular flexibility index (Phi) is 6.45. The second-order valence-corrected chi connectivity index (χ2v) is 6.32. The second-order valence-electron chi connectivity index (χ2n) is 6.32. The summed E-state index contributed by atoms with van der Waals surface area (Å²) in [6, 6.07) is -0.302. The monoisotopic (exact) mass is 299 g/mol. The Morgan fingerprint density at radius 1 is 1.29 bits per heavy atom. The highest BCUT2D eigenvalue weighted by Gasteiger charge is 2.37. The smallest absolute Gasteiger partial charge is 0.329 e. The number of hydrogen-bond acceptors (Lipinski definition) is 3. The van der Waals surface area contributed by atoms with Crippen molar-refractivity contribution in [3.8, 4) is 0 Å². The molecule has 6 heteroatoms. The van der Waals surface area contributed by atoms with Gasteiger partial charge in [0.1, 0.15) is 5.54 Å². The number of carboxylic acids is 1. The van der Waals surface area contributed by atoms with Gasteiger partial charge in [-0.2, -0.15) is 0 Å². The number of urea groups is 1. The maximum absolute atomic E-state index is 12.3. The average Bonchev–Trinajstić information content (AvgIpc) is 2.39. The summed E-state index contributed by atoms with van der Waals surface area (Å²) in [7, 11) is 0. The Balaban J connectivity index is 2.54. The number of amides is 2. The lowest BCUT2D eigenvalue weighted by Crippen LogP contribution is -2.58. The van der Waals surface area contributed by atoms with Gasteiger partial charge in [-0.15, -0.1) is 0 Å². The van der Waals surface area contributed by atoms with Crippen molar-refractivity contribution >= 4 is 12.0 Å². The minimum Gasteiger partial charge on any atom is -0.480 e. The molecule has 1 atom stereocenters. The van der Waals surface area contributed by atoms with Gasteiger partial charge in [0.25, 0.3) is 0 Å². The SMILES string of the molecule is CCN(C(=O)NC(C)CN1CCCCC1)C(C)(C)C(=O)O. The lowest BCUT2D eigenvalue weighted by Gasteiger charge is -2.36.